The number of hydroxylamine groups is 1. The lowest BCUT2D eigenvalue weighted by Crippen LogP contribution is -2.32. The van der Waals surface area contributed by atoms with Crippen molar-refractivity contribution in [1.29, 1.82) is 0 Å². The zero-order valence-corrected chi connectivity index (χ0v) is 8.71. The Kier molecular flexibility index (Phi) is 4.62. The third-order valence-corrected chi connectivity index (χ3v) is 1.85. The smallest absolute Gasteiger partial charge is 0.267 e. The molecule has 1 rings (SSSR count). The molecule has 1 heterocycles. The molecule has 1 unspecified atom stereocenters. The summed E-state index contributed by atoms with van der Waals surface area (Å²) in [5.74, 6) is -0.237. The van der Waals surface area contributed by atoms with Gasteiger partial charge in [-0.15, -0.1) is 0 Å². The van der Waals surface area contributed by atoms with E-state index in [-0.39, 0.29) is 12.2 Å². The maximum absolute atomic E-state index is 11.1. The lowest BCUT2D eigenvalue weighted by molar-refractivity contribution is -0.198. The lowest BCUT2D eigenvalue weighted by Gasteiger charge is -2.21. The van der Waals surface area contributed by atoms with Gasteiger partial charge in [0.25, 0.3) is 5.91 Å². The van der Waals surface area contributed by atoms with Gasteiger partial charge in [-0.1, -0.05) is 5.57 Å². The van der Waals surface area contributed by atoms with Crippen molar-refractivity contribution in [3.05, 3.63) is 11.6 Å². The van der Waals surface area contributed by atoms with E-state index in [4.69, 9.17) is 9.57 Å². The van der Waals surface area contributed by atoms with Gasteiger partial charge in [0.2, 0.25) is 0 Å². The van der Waals surface area contributed by atoms with Crippen molar-refractivity contribution in [2.24, 2.45) is 0 Å². The third-order valence-electron chi connectivity index (χ3n) is 1.85. The molecule has 0 bridgehead atoms. The molecule has 0 saturated carbocycles. The monoisotopic (exact) mass is 199 g/mol. The number of carbonyl (C=O) groups excluding carboxylic acids is 1. The third kappa shape index (κ3) is 4.39. The first-order valence-electron chi connectivity index (χ1n) is 4.90. The fourth-order valence-corrected chi connectivity index (χ4v) is 1.22. The van der Waals surface area contributed by atoms with Crippen LogP contribution in [0.4, 0.5) is 0 Å². The Bertz CT molecular complexity index is 215. The van der Waals surface area contributed by atoms with Crippen LogP contribution in [0.2, 0.25) is 0 Å². The summed E-state index contributed by atoms with van der Waals surface area (Å²) >= 11 is 0. The normalized spacial score (nSPS) is 21.4. The van der Waals surface area contributed by atoms with Crippen LogP contribution in [0.15, 0.2) is 11.6 Å². The van der Waals surface area contributed by atoms with E-state index >= 15 is 0 Å². The number of amides is 1. The number of nitrogens with one attached hydrogen (secondary N) is 1. The van der Waals surface area contributed by atoms with Crippen molar-refractivity contribution in [3.63, 3.8) is 0 Å². The molecule has 0 aromatic carbocycles. The van der Waals surface area contributed by atoms with Gasteiger partial charge in [0.05, 0.1) is 0 Å². The second-order valence-corrected chi connectivity index (χ2v) is 3.60. The van der Waals surface area contributed by atoms with Crippen LogP contribution in [0.25, 0.3) is 0 Å². The van der Waals surface area contributed by atoms with Gasteiger partial charge < -0.3 is 4.74 Å². The van der Waals surface area contributed by atoms with Crippen LogP contribution in [0.5, 0.6) is 0 Å². The van der Waals surface area contributed by atoms with Gasteiger partial charge in [-0.25, -0.2) is 10.3 Å². The molecule has 1 aliphatic heterocycles. The summed E-state index contributed by atoms with van der Waals surface area (Å²) in [6.45, 7) is 4.43. The first-order valence-corrected chi connectivity index (χ1v) is 4.90. The highest BCUT2D eigenvalue weighted by molar-refractivity contribution is 5.87. The molecule has 80 valence electrons. The number of carbonyl (C=O) groups is 1. The molecule has 1 amide bonds. The van der Waals surface area contributed by atoms with Crippen molar-refractivity contribution in [3.8, 4) is 0 Å². The number of rotatable bonds is 3. The summed E-state index contributed by atoms with van der Waals surface area (Å²) in [7, 11) is 0. The summed E-state index contributed by atoms with van der Waals surface area (Å²) in [6.07, 6.45) is 4.21. The SMILES string of the molecule is CC(C)=CC(=O)NOC1CCCCO1. The van der Waals surface area contributed by atoms with E-state index in [1.54, 1.807) is 0 Å². The van der Waals surface area contributed by atoms with Crippen LogP contribution in [-0.4, -0.2) is 18.8 Å². The second kappa shape index (κ2) is 5.78. The summed E-state index contributed by atoms with van der Waals surface area (Å²) < 4.78 is 5.28. The average Bonchev–Trinajstić information content (AvgIpc) is 2.15. The number of ether oxygens (including phenoxy) is 1. The van der Waals surface area contributed by atoms with Crippen molar-refractivity contribution < 1.29 is 14.4 Å². The average molecular weight is 199 g/mol. The molecule has 4 nitrogen and oxygen atoms in total. The molecule has 1 atom stereocenters. The van der Waals surface area contributed by atoms with Crippen LogP contribution in [0.3, 0.4) is 0 Å². The molecular formula is C10H17NO3. The quantitative estimate of drug-likeness (QED) is 0.554. The summed E-state index contributed by atoms with van der Waals surface area (Å²) in [5.41, 5.74) is 3.28. The zero-order chi connectivity index (χ0) is 10.4. The van der Waals surface area contributed by atoms with E-state index in [9.17, 15) is 4.79 Å². The van der Waals surface area contributed by atoms with Crippen LogP contribution in [0, 0.1) is 0 Å². The van der Waals surface area contributed by atoms with Crippen LogP contribution in [-0.2, 0) is 14.4 Å². The maximum atomic E-state index is 11.1. The minimum atomic E-state index is -0.279. The summed E-state index contributed by atoms with van der Waals surface area (Å²) in [5, 5.41) is 0. The largest absolute Gasteiger partial charge is 0.350 e. The highest BCUT2D eigenvalue weighted by Gasteiger charge is 2.14. The lowest BCUT2D eigenvalue weighted by atomic mass is 10.2. The Labute approximate surface area is 84.2 Å². The summed E-state index contributed by atoms with van der Waals surface area (Å²) in [6, 6.07) is 0. The van der Waals surface area contributed by atoms with Crippen molar-refractivity contribution in [1.82, 2.24) is 5.48 Å². The number of allylic oxidation sites excluding steroid dienone is 1. The highest BCUT2D eigenvalue weighted by atomic mass is 16.8. The predicted molar refractivity (Wildman–Crippen MR) is 52.2 cm³/mol. The molecule has 1 saturated heterocycles. The topological polar surface area (TPSA) is 47.6 Å². The Hall–Kier alpha value is -0.870. The molecule has 0 aromatic rings. The fraction of sp³-hybridized carbons (Fsp3) is 0.700. The van der Waals surface area contributed by atoms with E-state index in [1.807, 2.05) is 13.8 Å². The minimum Gasteiger partial charge on any atom is -0.350 e. The zero-order valence-electron chi connectivity index (χ0n) is 8.71. The van der Waals surface area contributed by atoms with Gasteiger partial charge >= 0.3 is 0 Å². The second-order valence-electron chi connectivity index (χ2n) is 3.60. The molecule has 14 heavy (non-hydrogen) atoms. The van der Waals surface area contributed by atoms with Gasteiger partial charge in [-0.3, -0.25) is 4.79 Å². The molecular weight excluding hydrogens is 182 g/mol. The number of hydrogen-bond acceptors (Lipinski definition) is 3. The van der Waals surface area contributed by atoms with Gasteiger partial charge in [0.15, 0.2) is 6.29 Å². The van der Waals surface area contributed by atoms with Crippen molar-refractivity contribution in [2.45, 2.75) is 39.4 Å². The maximum Gasteiger partial charge on any atom is 0.267 e. The van der Waals surface area contributed by atoms with Crippen LogP contribution in [0.1, 0.15) is 33.1 Å². The molecule has 0 aromatic heterocycles. The van der Waals surface area contributed by atoms with E-state index in [0.29, 0.717) is 6.61 Å². The van der Waals surface area contributed by atoms with Gasteiger partial charge in [-0.2, -0.15) is 0 Å². The van der Waals surface area contributed by atoms with Crippen LogP contribution >= 0.6 is 0 Å². The predicted octanol–water partition coefficient (Wildman–Crippen LogP) is 1.53. The van der Waals surface area contributed by atoms with E-state index in [0.717, 1.165) is 24.8 Å². The van der Waals surface area contributed by atoms with E-state index < -0.39 is 0 Å². The van der Waals surface area contributed by atoms with Crippen molar-refractivity contribution >= 4 is 5.91 Å². The molecule has 0 spiro atoms. The molecule has 0 aliphatic carbocycles. The minimum absolute atomic E-state index is 0.237. The van der Waals surface area contributed by atoms with Crippen molar-refractivity contribution in [2.75, 3.05) is 6.61 Å². The molecule has 1 fully saturated rings. The highest BCUT2D eigenvalue weighted by Crippen LogP contribution is 2.12. The molecule has 1 N–H and O–H groups in total. The fourth-order valence-electron chi connectivity index (χ4n) is 1.22. The Morgan fingerprint density at radius 3 is 2.86 bits per heavy atom. The van der Waals surface area contributed by atoms with E-state index in [1.165, 1.54) is 6.08 Å². The van der Waals surface area contributed by atoms with E-state index in [2.05, 4.69) is 5.48 Å². The number of hydrogen-bond donors (Lipinski definition) is 1. The Balaban J connectivity index is 2.19. The Morgan fingerprint density at radius 1 is 1.50 bits per heavy atom. The first kappa shape index (κ1) is 11.2. The van der Waals surface area contributed by atoms with Gasteiger partial charge in [-0.05, 0) is 26.7 Å². The van der Waals surface area contributed by atoms with Gasteiger partial charge in [0.1, 0.15) is 0 Å². The Morgan fingerprint density at radius 2 is 2.29 bits per heavy atom. The molecule has 0 radical (unpaired) electrons. The molecule has 4 heteroatoms. The first-order chi connectivity index (χ1) is 6.68. The van der Waals surface area contributed by atoms with Crippen LogP contribution < -0.4 is 5.48 Å². The van der Waals surface area contributed by atoms with Gasteiger partial charge in [0, 0.05) is 19.1 Å². The molecule has 1 aliphatic rings. The standard InChI is InChI=1S/C10H17NO3/c1-8(2)7-9(12)11-14-10-5-3-4-6-13-10/h7,10H,3-6H2,1-2H3,(H,11,12). The summed E-state index contributed by atoms with van der Waals surface area (Å²) in [4.78, 5) is 16.2.